The molecule has 0 aliphatic carbocycles. The molecule has 3 N–H and O–H groups in total. The molecule has 1 aromatic carbocycles. The number of ether oxygens (including phenoxy) is 3. The van der Waals surface area contributed by atoms with Gasteiger partial charge in [0.1, 0.15) is 41.6 Å². The standard InChI is InChI=1S/C24H26N6O5.ClH/c1-14-9-16(29-35-14)12-34-24(31)28-19-4-3-15(10-20(19)32-2)18-11-30(17-5-7-33-8-6-17)23-21(18)22(25)26-13-27-23;/h3-4,9-11,13,17H,5-8,12H2,1-2H3,(H,28,31)(H2,25,26,27);1H. The van der Waals surface area contributed by atoms with E-state index in [1.54, 1.807) is 19.1 Å². The highest BCUT2D eigenvalue weighted by Crippen LogP contribution is 2.39. The van der Waals surface area contributed by atoms with E-state index in [9.17, 15) is 4.79 Å². The van der Waals surface area contributed by atoms with Gasteiger partial charge in [0.2, 0.25) is 0 Å². The molecule has 4 aromatic rings. The number of amides is 1. The Morgan fingerprint density at radius 3 is 2.78 bits per heavy atom. The van der Waals surface area contributed by atoms with Crippen LogP contribution in [0.5, 0.6) is 5.75 Å². The minimum atomic E-state index is -0.634. The van der Waals surface area contributed by atoms with Gasteiger partial charge in [-0.1, -0.05) is 11.2 Å². The Kier molecular flexibility index (Phi) is 7.61. The number of halogens is 1. The fourth-order valence-electron chi connectivity index (χ4n) is 4.30. The van der Waals surface area contributed by atoms with Gasteiger partial charge in [-0.3, -0.25) is 5.32 Å². The number of nitrogen functional groups attached to an aromatic ring is 1. The number of fused-ring (bicyclic) bond motifs is 1. The van der Waals surface area contributed by atoms with Crippen molar-refractivity contribution in [2.45, 2.75) is 32.4 Å². The zero-order valence-electron chi connectivity index (χ0n) is 19.9. The van der Waals surface area contributed by atoms with E-state index in [4.69, 9.17) is 24.5 Å². The summed E-state index contributed by atoms with van der Waals surface area (Å²) in [6, 6.07) is 7.45. The van der Waals surface area contributed by atoms with Crippen molar-refractivity contribution >= 4 is 41.0 Å². The van der Waals surface area contributed by atoms with Crippen molar-refractivity contribution in [2.75, 3.05) is 31.4 Å². The lowest BCUT2D eigenvalue weighted by molar-refractivity contribution is 0.0706. The number of methoxy groups -OCH3 is 1. The molecular weight excluding hydrogens is 488 g/mol. The third kappa shape index (κ3) is 5.07. The van der Waals surface area contributed by atoms with E-state index >= 15 is 0 Å². The number of hydrogen-bond donors (Lipinski definition) is 2. The molecule has 0 unspecified atom stereocenters. The molecule has 4 heterocycles. The molecular formula is C24H27ClN6O5. The second-order valence-corrected chi connectivity index (χ2v) is 8.30. The number of nitrogens with one attached hydrogen (secondary N) is 1. The molecule has 3 aromatic heterocycles. The topological polar surface area (TPSA) is 140 Å². The second-order valence-electron chi connectivity index (χ2n) is 8.30. The fraction of sp³-hybridized carbons (Fsp3) is 0.333. The number of anilines is 2. The van der Waals surface area contributed by atoms with Gasteiger partial charge in [0.15, 0.2) is 0 Å². The third-order valence-corrected chi connectivity index (χ3v) is 6.00. The first-order chi connectivity index (χ1) is 17.0. The highest BCUT2D eigenvalue weighted by molar-refractivity contribution is 6.01. The lowest BCUT2D eigenvalue weighted by Gasteiger charge is -2.24. The summed E-state index contributed by atoms with van der Waals surface area (Å²) in [5.74, 6) is 1.52. The quantitative estimate of drug-likeness (QED) is 0.380. The summed E-state index contributed by atoms with van der Waals surface area (Å²) in [6.07, 6.45) is 4.70. The SMILES string of the molecule is COc1cc(-c2cn(C3CCOCC3)c3ncnc(N)c23)ccc1NC(=O)OCc1cc(C)on1.Cl. The summed E-state index contributed by atoms with van der Waals surface area (Å²) >= 11 is 0. The number of carbonyl (C=O) groups is 1. The van der Waals surface area contributed by atoms with Gasteiger partial charge in [0.05, 0.1) is 18.2 Å². The summed E-state index contributed by atoms with van der Waals surface area (Å²) < 4.78 is 23.5. The first-order valence-corrected chi connectivity index (χ1v) is 11.3. The molecule has 0 bridgehead atoms. The molecule has 1 aliphatic rings. The van der Waals surface area contributed by atoms with Crippen LogP contribution in [0.2, 0.25) is 0 Å². The summed E-state index contributed by atoms with van der Waals surface area (Å²) in [5, 5.41) is 7.30. The predicted octanol–water partition coefficient (Wildman–Crippen LogP) is 4.51. The smallest absolute Gasteiger partial charge is 0.412 e. The molecule has 190 valence electrons. The van der Waals surface area contributed by atoms with Crippen molar-refractivity contribution in [3.05, 3.63) is 48.2 Å². The number of aryl methyl sites for hydroxylation is 1. The van der Waals surface area contributed by atoms with Crippen molar-refractivity contribution in [1.29, 1.82) is 0 Å². The highest BCUT2D eigenvalue weighted by Gasteiger charge is 2.23. The van der Waals surface area contributed by atoms with Crippen LogP contribution >= 0.6 is 12.4 Å². The third-order valence-electron chi connectivity index (χ3n) is 6.00. The van der Waals surface area contributed by atoms with Crippen LogP contribution in [0.25, 0.3) is 22.2 Å². The zero-order valence-corrected chi connectivity index (χ0v) is 20.7. The molecule has 12 heteroatoms. The minimum absolute atomic E-state index is 0. The molecule has 1 fully saturated rings. The van der Waals surface area contributed by atoms with E-state index in [1.165, 1.54) is 13.4 Å². The maximum atomic E-state index is 12.3. The summed E-state index contributed by atoms with van der Waals surface area (Å²) in [7, 11) is 1.54. The normalized spacial score (nSPS) is 13.8. The first kappa shape index (κ1) is 25.3. The monoisotopic (exact) mass is 514 g/mol. The number of nitrogens with zero attached hydrogens (tertiary/aromatic N) is 4. The Morgan fingerprint density at radius 1 is 1.25 bits per heavy atom. The Labute approximate surface area is 213 Å². The van der Waals surface area contributed by atoms with Crippen LogP contribution in [0.15, 0.2) is 41.3 Å². The Morgan fingerprint density at radius 2 is 2.06 bits per heavy atom. The number of carbonyl (C=O) groups excluding carboxylic acids is 1. The van der Waals surface area contributed by atoms with E-state index in [2.05, 4.69) is 31.2 Å². The number of aromatic nitrogens is 4. The summed E-state index contributed by atoms with van der Waals surface area (Å²) in [5.41, 5.74) is 9.81. The Balaban J connectivity index is 0.00000304. The van der Waals surface area contributed by atoms with Crippen molar-refractivity contribution in [3.8, 4) is 16.9 Å². The predicted molar refractivity (Wildman–Crippen MR) is 135 cm³/mol. The average molecular weight is 515 g/mol. The molecule has 0 radical (unpaired) electrons. The van der Waals surface area contributed by atoms with Crippen LogP contribution in [0.4, 0.5) is 16.3 Å². The molecule has 11 nitrogen and oxygen atoms in total. The average Bonchev–Trinajstić information content (AvgIpc) is 3.48. The van der Waals surface area contributed by atoms with E-state index in [0.29, 0.717) is 41.9 Å². The number of hydrogen-bond acceptors (Lipinski definition) is 9. The zero-order chi connectivity index (χ0) is 24.4. The van der Waals surface area contributed by atoms with E-state index < -0.39 is 6.09 Å². The van der Waals surface area contributed by atoms with Crippen LogP contribution in [0.1, 0.15) is 30.3 Å². The lowest BCUT2D eigenvalue weighted by Crippen LogP contribution is -2.19. The number of rotatable bonds is 6. The highest BCUT2D eigenvalue weighted by atomic mass is 35.5. The molecule has 0 spiro atoms. The van der Waals surface area contributed by atoms with Crippen molar-refractivity contribution in [2.24, 2.45) is 0 Å². The van der Waals surface area contributed by atoms with Gasteiger partial charge in [-0.05, 0) is 37.5 Å². The molecule has 1 aliphatic heterocycles. The van der Waals surface area contributed by atoms with Crippen LogP contribution in [-0.4, -0.2) is 46.1 Å². The first-order valence-electron chi connectivity index (χ1n) is 11.3. The van der Waals surface area contributed by atoms with Crippen LogP contribution < -0.4 is 15.8 Å². The van der Waals surface area contributed by atoms with Gasteiger partial charge in [-0.15, -0.1) is 12.4 Å². The van der Waals surface area contributed by atoms with Crippen LogP contribution in [-0.2, 0) is 16.1 Å². The maximum absolute atomic E-state index is 12.3. The summed E-state index contributed by atoms with van der Waals surface area (Å²) in [6.45, 7) is 3.18. The number of benzene rings is 1. The Hall–Kier alpha value is -3.83. The molecule has 0 atom stereocenters. The molecule has 1 amide bonds. The van der Waals surface area contributed by atoms with Crippen molar-refractivity contribution in [1.82, 2.24) is 19.7 Å². The van der Waals surface area contributed by atoms with Crippen LogP contribution in [0.3, 0.4) is 0 Å². The van der Waals surface area contributed by atoms with Gasteiger partial charge in [-0.2, -0.15) is 0 Å². The lowest BCUT2D eigenvalue weighted by atomic mass is 10.0. The second kappa shape index (κ2) is 10.8. The fourth-order valence-corrected chi connectivity index (χ4v) is 4.30. The molecule has 36 heavy (non-hydrogen) atoms. The van der Waals surface area contributed by atoms with Crippen LogP contribution in [0, 0.1) is 6.92 Å². The van der Waals surface area contributed by atoms with Gasteiger partial charge in [0, 0.05) is 37.1 Å². The van der Waals surface area contributed by atoms with Gasteiger partial charge >= 0.3 is 6.09 Å². The van der Waals surface area contributed by atoms with Crippen molar-refractivity contribution in [3.63, 3.8) is 0 Å². The molecule has 0 saturated carbocycles. The summed E-state index contributed by atoms with van der Waals surface area (Å²) in [4.78, 5) is 21.1. The minimum Gasteiger partial charge on any atom is -0.495 e. The maximum Gasteiger partial charge on any atom is 0.412 e. The van der Waals surface area contributed by atoms with Crippen molar-refractivity contribution < 1.29 is 23.5 Å². The number of nitrogens with two attached hydrogens (primary N) is 1. The Bertz CT molecular complexity index is 1360. The van der Waals surface area contributed by atoms with E-state index in [0.717, 1.165) is 35.0 Å². The van der Waals surface area contributed by atoms with Gasteiger partial charge in [-0.25, -0.2) is 14.8 Å². The molecule has 5 rings (SSSR count). The van der Waals surface area contributed by atoms with Gasteiger partial charge in [0.25, 0.3) is 0 Å². The van der Waals surface area contributed by atoms with E-state index in [1.807, 2.05) is 12.1 Å². The van der Waals surface area contributed by atoms with Gasteiger partial charge < -0.3 is 29.0 Å². The van der Waals surface area contributed by atoms with E-state index in [-0.39, 0.29) is 25.1 Å². The largest absolute Gasteiger partial charge is 0.495 e. The molecule has 1 saturated heterocycles.